The van der Waals surface area contributed by atoms with E-state index in [9.17, 15) is 0 Å². The summed E-state index contributed by atoms with van der Waals surface area (Å²) in [5.41, 5.74) is 2.25. The molecule has 0 aliphatic carbocycles. The molecule has 16 heavy (non-hydrogen) atoms. The van der Waals surface area contributed by atoms with Crippen molar-refractivity contribution in [2.24, 2.45) is 0 Å². The third-order valence-electron chi connectivity index (χ3n) is 3.11. The predicted octanol–water partition coefficient (Wildman–Crippen LogP) is 2.05. The lowest BCUT2D eigenvalue weighted by molar-refractivity contribution is -0.150. The average molecular weight is 222 g/mol. The molecule has 3 heteroatoms. The van der Waals surface area contributed by atoms with Crippen LogP contribution in [-0.4, -0.2) is 25.1 Å². The zero-order chi connectivity index (χ0) is 11.4. The summed E-state index contributed by atoms with van der Waals surface area (Å²) in [6, 6.07) is 8.12. The molecule has 1 aliphatic rings. The van der Waals surface area contributed by atoms with Gasteiger partial charge in [0.25, 0.3) is 0 Å². The van der Waals surface area contributed by atoms with Gasteiger partial charge in [0.15, 0.2) is 6.29 Å². The van der Waals surface area contributed by atoms with Gasteiger partial charge < -0.3 is 14.6 Å². The Labute approximate surface area is 96.0 Å². The number of aliphatic hydroxyl groups excluding tert-OH is 1. The molecule has 2 atom stereocenters. The first-order valence-corrected chi connectivity index (χ1v) is 5.67. The van der Waals surface area contributed by atoms with Crippen molar-refractivity contribution >= 4 is 0 Å². The molecule has 3 nitrogen and oxygen atoms in total. The smallest absolute Gasteiger partial charge is 0.157 e. The Bertz CT molecular complexity index is 338. The van der Waals surface area contributed by atoms with Crippen molar-refractivity contribution < 1.29 is 14.6 Å². The molecule has 1 saturated heterocycles. The third-order valence-corrected chi connectivity index (χ3v) is 3.11. The highest BCUT2D eigenvalue weighted by Gasteiger charge is 2.23. The summed E-state index contributed by atoms with van der Waals surface area (Å²) in [6.07, 6.45) is 1.83. The number of benzene rings is 1. The zero-order valence-corrected chi connectivity index (χ0v) is 9.56. The van der Waals surface area contributed by atoms with Crippen LogP contribution in [0.4, 0.5) is 0 Å². The Morgan fingerprint density at radius 3 is 3.12 bits per heavy atom. The third kappa shape index (κ3) is 2.61. The number of aliphatic hydroxyl groups is 1. The Morgan fingerprint density at radius 2 is 2.38 bits per heavy atom. The molecule has 1 aliphatic heterocycles. The summed E-state index contributed by atoms with van der Waals surface area (Å²) in [4.78, 5) is 0. The van der Waals surface area contributed by atoms with Crippen molar-refractivity contribution in [3.05, 3.63) is 35.4 Å². The Hall–Kier alpha value is -0.900. The zero-order valence-electron chi connectivity index (χ0n) is 9.56. The number of hydrogen-bond acceptors (Lipinski definition) is 3. The van der Waals surface area contributed by atoms with E-state index >= 15 is 0 Å². The molecule has 0 saturated carbocycles. The second kappa shape index (κ2) is 5.43. The lowest BCUT2D eigenvalue weighted by atomic mass is 9.90. The summed E-state index contributed by atoms with van der Waals surface area (Å²) < 4.78 is 10.7. The van der Waals surface area contributed by atoms with Crippen molar-refractivity contribution in [3.8, 4) is 0 Å². The van der Waals surface area contributed by atoms with E-state index in [-0.39, 0.29) is 12.9 Å². The standard InChI is InChI=1S/C13H18O3/c1-15-13-8-12(5-6-16-13)11-4-2-3-10(7-11)9-14/h2-4,7,12-14H,5-6,8-9H2,1H3. The molecule has 88 valence electrons. The summed E-state index contributed by atoms with van der Waals surface area (Å²) in [7, 11) is 1.68. The fraction of sp³-hybridized carbons (Fsp3) is 0.538. The van der Waals surface area contributed by atoms with Gasteiger partial charge in [0.2, 0.25) is 0 Å². The van der Waals surface area contributed by atoms with Crippen LogP contribution >= 0.6 is 0 Å². The van der Waals surface area contributed by atoms with Crippen molar-refractivity contribution in [2.45, 2.75) is 31.7 Å². The van der Waals surface area contributed by atoms with Crippen LogP contribution in [0.1, 0.15) is 29.9 Å². The molecule has 2 rings (SSSR count). The molecule has 0 amide bonds. The van der Waals surface area contributed by atoms with Crippen molar-refractivity contribution in [2.75, 3.05) is 13.7 Å². The number of hydrogen-bond donors (Lipinski definition) is 1. The molecule has 0 aromatic heterocycles. The van der Waals surface area contributed by atoms with Crippen LogP contribution in [0.2, 0.25) is 0 Å². The molecule has 1 aromatic rings. The van der Waals surface area contributed by atoms with E-state index in [1.807, 2.05) is 12.1 Å². The topological polar surface area (TPSA) is 38.7 Å². The van der Waals surface area contributed by atoms with E-state index in [1.165, 1.54) is 5.56 Å². The Morgan fingerprint density at radius 1 is 1.50 bits per heavy atom. The van der Waals surface area contributed by atoms with Gasteiger partial charge in [-0.15, -0.1) is 0 Å². The Kier molecular flexibility index (Phi) is 3.93. The van der Waals surface area contributed by atoms with Crippen LogP contribution in [0.3, 0.4) is 0 Å². The maximum absolute atomic E-state index is 9.11. The number of ether oxygens (including phenoxy) is 2. The summed E-state index contributed by atoms with van der Waals surface area (Å²) in [6.45, 7) is 0.845. The predicted molar refractivity (Wildman–Crippen MR) is 61.1 cm³/mol. The highest BCUT2D eigenvalue weighted by atomic mass is 16.7. The van der Waals surface area contributed by atoms with Gasteiger partial charge in [0.05, 0.1) is 13.2 Å². The average Bonchev–Trinajstić information content (AvgIpc) is 2.39. The fourth-order valence-corrected chi connectivity index (χ4v) is 2.17. The molecule has 1 fully saturated rings. The van der Waals surface area contributed by atoms with E-state index in [0.29, 0.717) is 5.92 Å². The van der Waals surface area contributed by atoms with Gasteiger partial charge in [-0.05, 0) is 23.5 Å². The Balaban J connectivity index is 2.10. The van der Waals surface area contributed by atoms with E-state index in [2.05, 4.69) is 12.1 Å². The summed E-state index contributed by atoms with van der Waals surface area (Å²) in [5.74, 6) is 0.477. The van der Waals surface area contributed by atoms with Gasteiger partial charge in [-0.3, -0.25) is 0 Å². The first-order valence-electron chi connectivity index (χ1n) is 5.67. The van der Waals surface area contributed by atoms with Crippen molar-refractivity contribution in [1.29, 1.82) is 0 Å². The van der Waals surface area contributed by atoms with Crippen LogP contribution in [0.25, 0.3) is 0 Å². The molecule has 1 aromatic carbocycles. The van der Waals surface area contributed by atoms with Gasteiger partial charge in [-0.1, -0.05) is 24.3 Å². The van der Waals surface area contributed by atoms with Crippen molar-refractivity contribution in [3.63, 3.8) is 0 Å². The van der Waals surface area contributed by atoms with Crippen LogP contribution in [-0.2, 0) is 16.1 Å². The summed E-state index contributed by atoms with van der Waals surface area (Å²) in [5, 5.41) is 9.11. The molecule has 1 heterocycles. The highest BCUT2D eigenvalue weighted by molar-refractivity contribution is 5.26. The van der Waals surface area contributed by atoms with Crippen LogP contribution < -0.4 is 0 Å². The van der Waals surface area contributed by atoms with Gasteiger partial charge in [-0.25, -0.2) is 0 Å². The minimum atomic E-state index is -0.0865. The molecule has 2 unspecified atom stereocenters. The van der Waals surface area contributed by atoms with E-state index in [4.69, 9.17) is 14.6 Å². The quantitative estimate of drug-likeness (QED) is 0.850. The summed E-state index contributed by atoms with van der Waals surface area (Å²) >= 11 is 0. The molecule has 0 radical (unpaired) electrons. The maximum atomic E-state index is 9.11. The lowest BCUT2D eigenvalue weighted by Gasteiger charge is -2.28. The molecular formula is C13H18O3. The second-order valence-corrected chi connectivity index (χ2v) is 4.16. The monoisotopic (exact) mass is 222 g/mol. The maximum Gasteiger partial charge on any atom is 0.157 e. The molecular weight excluding hydrogens is 204 g/mol. The first kappa shape index (κ1) is 11.6. The lowest BCUT2D eigenvalue weighted by Crippen LogP contribution is -2.25. The highest BCUT2D eigenvalue weighted by Crippen LogP contribution is 2.30. The van der Waals surface area contributed by atoms with E-state index in [0.717, 1.165) is 25.0 Å². The van der Waals surface area contributed by atoms with Gasteiger partial charge in [0, 0.05) is 13.5 Å². The second-order valence-electron chi connectivity index (χ2n) is 4.16. The fourth-order valence-electron chi connectivity index (χ4n) is 2.17. The number of rotatable bonds is 3. The normalized spacial score (nSPS) is 25.6. The largest absolute Gasteiger partial charge is 0.392 e. The SMILES string of the molecule is COC1CC(c2cccc(CO)c2)CCO1. The van der Waals surface area contributed by atoms with Gasteiger partial charge in [0.1, 0.15) is 0 Å². The van der Waals surface area contributed by atoms with Gasteiger partial charge in [-0.2, -0.15) is 0 Å². The number of methoxy groups -OCH3 is 1. The van der Waals surface area contributed by atoms with Crippen LogP contribution in [0.15, 0.2) is 24.3 Å². The molecule has 0 bridgehead atoms. The minimum Gasteiger partial charge on any atom is -0.392 e. The minimum absolute atomic E-state index is 0.0865. The molecule has 0 spiro atoms. The van der Waals surface area contributed by atoms with Crippen LogP contribution in [0, 0.1) is 0 Å². The van der Waals surface area contributed by atoms with E-state index in [1.54, 1.807) is 7.11 Å². The van der Waals surface area contributed by atoms with Gasteiger partial charge >= 0.3 is 0 Å². The molecule has 1 N–H and O–H groups in total. The van der Waals surface area contributed by atoms with Crippen LogP contribution in [0.5, 0.6) is 0 Å². The van der Waals surface area contributed by atoms with Crippen molar-refractivity contribution in [1.82, 2.24) is 0 Å². The first-order chi connectivity index (χ1) is 7.83. The van der Waals surface area contributed by atoms with E-state index < -0.39 is 0 Å².